The summed E-state index contributed by atoms with van der Waals surface area (Å²) in [5, 5.41) is 11.9. The lowest BCUT2D eigenvalue weighted by Crippen LogP contribution is -2.64. The summed E-state index contributed by atoms with van der Waals surface area (Å²) < 4.78 is 30.1. The van der Waals surface area contributed by atoms with Crippen LogP contribution in [0.4, 0.5) is 0 Å². The third kappa shape index (κ3) is 11.0. The fourth-order valence-corrected chi connectivity index (χ4v) is 9.45. The topological polar surface area (TPSA) is 138 Å². The van der Waals surface area contributed by atoms with E-state index in [2.05, 4.69) is 6.92 Å². The molecule has 3 aliphatic heterocycles. The number of halogens is 1. The molecule has 3 heterocycles. The number of allylic oxidation sites excluding steroid dienone is 5. The van der Waals surface area contributed by atoms with Crippen molar-refractivity contribution < 1.29 is 48.0 Å². The number of piperidine rings is 1. The molecule has 0 aromatic carbocycles. The van der Waals surface area contributed by atoms with Crippen LogP contribution in [-0.4, -0.2) is 109 Å². The number of methoxy groups -OCH3 is 3. The van der Waals surface area contributed by atoms with Crippen LogP contribution < -0.4 is 0 Å². The number of hydrogen-bond donors (Lipinski definition) is 1. The quantitative estimate of drug-likeness (QED) is 0.142. The number of carbonyl (C=O) groups is 4. The van der Waals surface area contributed by atoms with E-state index in [1.54, 1.807) is 34.3 Å². The van der Waals surface area contributed by atoms with Crippen LogP contribution in [0.25, 0.3) is 0 Å². The van der Waals surface area contributed by atoms with E-state index in [9.17, 15) is 24.3 Å². The number of rotatable bonds is 5. The van der Waals surface area contributed by atoms with Gasteiger partial charge in [0.25, 0.3) is 11.7 Å². The van der Waals surface area contributed by atoms with Gasteiger partial charge in [0.05, 0.1) is 23.7 Å². The van der Waals surface area contributed by atoms with E-state index in [0.717, 1.165) is 11.1 Å². The van der Waals surface area contributed by atoms with E-state index in [1.807, 2.05) is 45.9 Å². The second-order valence-electron chi connectivity index (χ2n) is 16.6. The Labute approximate surface area is 333 Å². The zero-order valence-corrected chi connectivity index (χ0v) is 35.2. The highest BCUT2D eigenvalue weighted by molar-refractivity contribution is 6.39. The minimum Gasteiger partial charge on any atom is -0.456 e. The van der Waals surface area contributed by atoms with E-state index in [4.69, 9.17) is 35.3 Å². The number of fused-ring (bicyclic) bond motifs is 3. The maximum Gasteiger partial charge on any atom is 0.329 e. The molecule has 1 saturated carbocycles. The van der Waals surface area contributed by atoms with Crippen molar-refractivity contribution >= 4 is 35.0 Å². The summed E-state index contributed by atoms with van der Waals surface area (Å²) in [6, 6.07) is -1.03. The Morgan fingerprint density at radius 1 is 0.909 bits per heavy atom. The fraction of sp³-hybridized carbons (Fsp3) is 0.767. The molecule has 4 rings (SSSR count). The molecular weight excluding hydrogens is 726 g/mol. The molecular formula is C43H66ClNO10. The highest BCUT2D eigenvalue weighted by Crippen LogP contribution is 2.40. The number of aliphatic hydroxyl groups is 1. The first-order chi connectivity index (χ1) is 26.1. The zero-order valence-electron chi connectivity index (χ0n) is 34.5. The molecule has 0 aromatic heterocycles. The maximum absolute atomic E-state index is 14.3. The number of ketones is 2. The van der Waals surface area contributed by atoms with Gasteiger partial charge in [-0.15, -0.1) is 11.6 Å². The molecule has 2 saturated heterocycles. The first-order valence-electron chi connectivity index (χ1n) is 20.3. The van der Waals surface area contributed by atoms with Crippen LogP contribution in [0.3, 0.4) is 0 Å². The van der Waals surface area contributed by atoms with Gasteiger partial charge < -0.3 is 33.7 Å². The van der Waals surface area contributed by atoms with E-state index in [1.165, 1.54) is 4.90 Å². The average Bonchev–Trinajstić information content (AvgIpc) is 3.17. The molecule has 2 unspecified atom stereocenters. The predicted molar refractivity (Wildman–Crippen MR) is 210 cm³/mol. The fourth-order valence-electron chi connectivity index (χ4n) is 9.12. The Bertz CT molecular complexity index is 1450. The van der Waals surface area contributed by atoms with Crippen LogP contribution in [-0.2, 0) is 42.9 Å². The van der Waals surface area contributed by atoms with Crippen LogP contribution in [0.5, 0.6) is 0 Å². The van der Waals surface area contributed by atoms with Gasteiger partial charge in [-0.3, -0.25) is 14.4 Å². The van der Waals surface area contributed by atoms with Crippen molar-refractivity contribution in [1.82, 2.24) is 4.90 Å². The number of nitrogens with zero attached hydrogens (tertiary/aromatic N) is 1. The van der Waals surface area contributed by atoms with Crippen LogP contribution in [0.1, 0.15) is 106 Å². The number of cyclic esters (lactones) is 1. The molecule has 55 heavy (non-hydrogen) atoms. The summed E-state index contributed by atoms with van der Waals surface area (Å²) >= 11 is 6.61. The van der Waals surface area contributed by atoms with Crippen molar-refractivity contribution in [3.63, 3.8) is 0 Å². The highest BCUT2D eigenvalue weighted by atomic mass is 35.5. The van der Waals surface area contributed by atoms with Gasteiger partial charge in [-0.05, 0) is 102 Å². The van der Waals surface area contributed by atoms with Gasteiger partial charge in [-0.1, -0.05) is 51.5 Å². The average molecular weight is 792 g/mol. The molecule has 13 atom stereocenters. The van der Waals surface area contributed by atoms with Gasteiger partial charge in [-0.25, -0.2) is 4.79 Å². The van der Waals surface area contributed by atoms with Crippen LogP contribution in [0.15, 0.2) is 35.5 Å². The summed E-state index contributed by atoms with van der Waals surface area (Å²) in [6.45, 7) is 11.8. The Morgan fingerprint density at radius 3 is 2.24 bits per heavy atom. The SMILES string of the molecule is CC[C@@H]1C=C(C)C[C@H](C)C[C@H](OC)[C@H]2O[C@@](O)(C(=O)C(=O)N3CCCC[C@H]3C(=O)OC(C3CC[C@H](Cl)[C@H](OC)C3)C(C)=C[C@H](C)C=CC1=O)[C@H](C)C[C@@H]2OC. The smallest absolute Gasteiger partial charge is 0.329 e. The monoisotopic (exact) mass is 791 g/mol. The third-order valence-electron chi connectivity index (χ3n) is 12.3. The number of ether oxygens (including phenoxy) is 5. The molecule has 0 radical (unpaired) electrons. The van der Waals surface area contributed by atoms with Crippen molar-refractivity contribution in [2.24, 2.45) is 29.6 Å². The zero-order chi connectivity index (χ0) is 40.6. The number of amides is 1. The lowest BCUT2D eigenvalue weighted by molar-refractivity contribution is -0.302. The van der Waals surface area contributed by atoms with E-state index >= 15 is 0 Å². The summed E-state index contributed by atoms with van der Waals surface area (Å²) in [4.78, 5) is 57.5. The molecule has 310 valence electrons. The van der Waals surface area contributed by atoms with Gasteiger partial charge in [-0.2, -0.15) is 0 Å². The van der Waals surface area contributed by atoms with Gasteiger partial charge in [0, 0.05) is 45.6 Å². The molecule has 4 aliphatic rings. The van der Waals surface area contributed by atoms with E-state index in [0.29, 0.717) is 57.8 Å². The first-order valence-corrected chi connectivity index (χ1v) is 20.8. The van der Waals surface area contributed by atoms with Crippen molar-refractivity contribution in [3.05, 3.63) is 35.5 Å². The third-order valence-corrected chi connectivity index (χ3v) is 12.8. The van der Waals surface area contributed by atoms with E-state index in [-0.39, 0.29) is 53.9 Å². The standard InChI is InChI=1S/C43H66ClNO10/c1-10-30-21-26(3)19-27(4)22-36(52-8)39-37(53-9)23-29(6)43(50,55-39)40(47)41(48)45-18-12-11-13-33(45)42(49)54-38(28(5)20-25(2)14-17-34(30)46)31-15-16-32(44)35(24-31)51-7/h14,17,20-21,25,27,29-33,35-39,50H,10-13,15-16,18-19,22-24H2,1-9H3/t25-,27+,29-,30-,31?,32+,33+,35-,36+,37+,38?,39-,43-/m1/s1. The van der Waals surface area contributed by atoms with Crippen molar-refractivity contribution in [2.45, 2.75) is 153 Å². The predicted octanol–water partition coefficient (Wildman–Crippen LogP) is 6.52. The molecule has 11 nitrogen and oxygen atoms in total. The largest absolute Gasteiger partial charge is 0.456 e. The molecule has 3 fully saturated rings. The highest BCUT2D eigenvalue weighted by Gasteiger charge is 2.56. The Morgan fingerprint density at radius 2 is 1.58 bits per heavy atom. The molecule has 0 aromatic rings. The Hall–Kier alpha value is -2.41. The second kappa shape index (κ2) is 20.3. The molecule has 12 heteroatoms. The maximum atomic E-state index is 14.3. The summed E-state index contributed by atoms with van der Waals surface area (Å²) in [5.41, 5.74) is 1.88. The first kappa shape index (κ1) is 45.3. The number of hydrogen-bond acceptors (Lipinski definition) is 10. The normalized spacial score (nSPS) is 39.5. The van der Waals surface area contributed by atoms with Crippen LogP contribution in [0, 0.1) is 29.6 Å². The number of carbonyl (C=O) groups excluding carboxylic acids is 4. The van der Waals surface area contributed by atoms with E-state index < -0.39 is 59.8 Å². The number of Topliss-reactive ketones (excluding diaryl/α,β-unsaturated/α-hetero) is 1. The Balaban J connectivity index is 1.77. The molecule has 1 N–H and O–H groups in total. The van der Waals surface area contributed by atoms with Crippen molar-refractivity contribution in [1.29, 1.82) is 0 Å². The lowest BCUT2D eigenvalue weighted by Gasteiger charge is -2.47. The van der Waals surface area contributed by atoms with Gasteiger partial charge >= 0.3 is 5.97 Å². The van der Waals surface area contributed by atoms with Crippen molar-refractivity contribution in [3.8, 4) is 0 Å². The van der Waals surface area contributed by atoms with Crippen molar-refractivity contribution in [2.75, 3.05) is 27.9 Å². The molecule has 1 aliphatic carbocycles. The molecule has 1 amide bonds. The minimum absolute atomic E-state index is 0.0191. The second-order valence-corrected chi connectivity index (χ2v) is 17.2. The summed E-state index contributed by atoms with van der Waals surface area (Å²) in [5.74, 6) is -6.42. The number of esters is 1. The molecule has 0 spiro atoms. The number of alkyl halides is 1. The Kier molecular flexibility index (Phi) is 16.7. The van der Waals surface area contributed by atoms with Crippen LogP contribution in [0.2, 0.25) is 0 Å². The summed E-state index contributed by atoms with van der Waals surface area (Å²) in [6.07, 6.45) is 10.3. The minimum atomic E-state index is -2.47. The summed E-state index contributed by atoms with van der Waals surface area (Å²) in [7, 11) is 4.73. The van der Waals surface area contributed by atoms with Gasteiger partial charge in [0.1, 0.15) is 18.2 Å². The van der Waals surface area contributed by atoms with Gasteiger partial charge in [0.15, 0.2) is 5.78 Å². The van der Waals surface area contributed by atoms with Gasteiger partial charge in [0.2, 0.25) is 5.79 Å². The molecule has 2 bridgehead atoms. The van der Waals surface area contributed by atoms with Crippen LogP contribution >= 0.6 is 11.6 Å². The lowest BCUT2D eigenvalue weighted by atomic mass is 9.80.